The molecule has 0 saturated carbocycles. The molecule has 2 aromatic carbocycles. The third-order valence-electron chi connectivity index (χ3n) is 2.91. The van der Waals surface area contributed by atoms with E-state index in [9.17, 15) is 4.79 Å². The number of rotatable bonds is 2. The Morgan fingerprint density at radius 2 is 1.89 bits per heavy atom. The molecule has 0 saturated heterocycles. The molecule has 0 aliphatic rings. The molecule has 18 heavy (non-hydrogen) atoms. The van der Waals surface area contributed by atoms with E-state index in [1.165, 1.54) is 4.68 Å². The third kappa shape index (κ3) is 1.59. The number of benzene rings is 2. The smallest absolute Gasteiger partial charge is 0.279 e. The molecule has 1 aromatic heterocycles. The summed E-state index contributed by atoms with van der Waals surface area (Å²) in [6.45, 7) is 0. The van der Waals surface area contributed by atoms with E-state index in [4.69, 9.17) is 4.74 Å². The van der Waals surface area contributed by atoms with Crippen LogP contribution in [0.1, 0.15) is 0 Å². The molecule has 0 aliphatic carbocycles. The van der Waals surface area contributed by atoms with Gasteiger partial charge in [-0.1, -0.05) is 18.2 Å². The molecule has 0 spiro atoms. The first kappa shape index (κ1) is 10.7. The van der Waals surface area contributed by atoms with Crippen molar-refractivity contribution >= 4 is 10.9 Å². The van der Waals surface area contributed by atoms with Gasteiger partial charge in [0.15, 0.2) is 0 Å². The lowest BCUT2D eigenvalue weighted by Gasteiger charge is -1.99. The second-order valence-corrected chi connectivity index (χ2v) is 4.00. The van der Waals surface area contributed by atoms with E-state index in [0.29, 0.717) is 11.1 Å². The minimum absolute atomic E-state index is 0.0740. The highest BCUT2D eigenvalue weighted by molar-refractivity contribution is 5.80. The molecule has 0 radical (unpaired) electrons. The molecule has 0 fully saturated rings. The summed E-state index contributed by atoms with van der Waals surface area (Å²) in [5.41, 5.74) is 1.54. The van der Waals surface area contributed by atoms with Gasteiger partial charge in [-0.25, -0.2) is 4.68 Å². The zero-order valence-electron chi connectivity index (χ0n) is 9.88. The van der Waals surface area contributed by atoms with Gasteiger partial charge in [0, 0.05) is 0 Å². The van der Waals surface area contributed by atoms with E-state index < -0.39 is 0 Å². The average Bonchev–Trinajstić information content (AvgIpc) is 2.77. The summed E-state index contributed by atoms with van der Waals surface area (Å²) in [5, 5.41) is 3.70. The number of fused-ring (bicyclic) bond motifs is 1. The maximum absolute atomic E-state index is 12.3. The van der Waals surface area contributed by atoms with Crippen molar-refractivity contribution in [1.29, 1.82) is 0 Å². The standard InChI is InChI=1S/C14H12N2O2/c1-18-11-7-8-13-12(9-11)14(17)16(15-13)10-5-3-2-4-6-10/h2-9,15H,1H3. The van der Waals surface area contributed by atoms with Crippen LogP contribution in [0.4, 0.5) is 0 Å². The molecule has 1 N–H and O–H groups in total. The van der Waals surface area contributed by atoms with E-state index >= 15 is 0 Å². The molecule has 3 rings (SSSR count). The van der Waals surface area contributed by atoms with Crippen molar-refractivity contribution in [3.63, 3.8) is 0 Å². The van der Waals surface area contributed by atoms with Gasteiger partial charge in [0.1, 0.15) is 5.75 Å². The van der Waals surface area contributed by atoms with E-state index in [2.05, 4.69) is 5.10 Å². The number of aromatic amines is 1. The Labute approximate surface area is 103 Å². The first-order valence-electron chi connectivity index (χ1n) is 5.64. The van der Waals surface area contributed by atoms with E-state index in [1.807, 2.05) is 42.5 Å². The second kappa shape index (κ2) is 4.07. The van der Waals surface area contributed by atoms with Crippen LogP contribution in [0.25, 0.3) is 16.6 Å². The Balaban J connectivity index is 2.27. The van der Waals surface area contributed by atoms with Gasteiger partial charge in [-0.15, -0.1) is 0 Å². The molecule has 4 nitrogen and oxygen atoms in total. The van der Waals surface area contributed by atoms with Crippen LogP contribution < -0.4 is 10.3 Å². The zero-order chi connectivity index (χ0) is 12.5. The molecule has 0 aliphatic heterocycles. The number of aromatic nitrogens is 2. The van der Waals surface area contributed by atoms with Crippen molar-refractivity contribution in [1.82, 2.24) is 9.78 Å². The van der Waals surface area contributed by atoms with Crippen molar-refractivity contribution < 1.29 is 4.74 Å². The molecule has 90 valence electrons. The number of nitrogens with zero attached hydrogens (tertiary/aromatic N) is 1. The number of methoxy groups -OCH3 is 1. The summed E-state index contributed by atoms with van der Waals surface area (Å²) in [6.07, 6.45) is 0. The van der Waals surface area contributed by atoms with Gasteiger partial charge < -0.3 is 4.74 Å². The van der Waals surface area contributed by atoms with Crippen molar-refractivity contribution in [2.75, 3.05) is 7.11 Å². The maximum atomic E-state index is 12.3. The van der Waals surface area contributed by atoms with Gasteiger partial charge in [-0.3, -0.25) is 9.89 Å². The molecule has 0 atom stereocenters. The van der Waals surface area contributed by atoms with Crippen LogP contribution in [0.15, 0.2) is 53.3 Å². The van der Waals surface area contributed by atoms with Crippen LogP contribution >= 0.6 is 0 Å². The van der Waals surface area contributed by atoms with Gasteiger partial charge >= 0.3 is 0 Å². The first-order valence-corrected chi connectivity index (χ1v) is 5.64. The number of hydrogen-bond acceptors (Lipinski definition) is 2. The zero-order valence-corrected chi connectivity index (χ0v) is 9.88. The van der Waals surface area contributed by atoms with Gasteiger partial charge in [0.25, 0.3) is 5.56 Å². The summed E-state index contributed by atoms with van der Waals surface area (Å²) in [5.74, 6) is 0.679. The van der Waals surface area contributed by atoms with E-state index in [1.54, 1.807) is 13.2 Å². The lowest BCUT2D eigenvalue weighted by atomic mass is 10.2. The maximum Gasteiger partial charge on any atom is 0.279 e. The molecule has 4 heteroatoms. The third-order valence-corrected chi connectivity index (χ3v) is 2.91. The SMILES string of the molecule is COc1ccc2[nH]n(-c3ccccc3)c(=O)c2c1. The molecule has 3 aromatic rings. The fourth-order valence-electron chi connectivity index (χ4n) is 1.98. The summed E-state index contributed by atoms with van der Waals surface area (Å²) in [4.78, 5) is 12.3. The molecule has 1 heterocycles. The van der Waals surface area contributed by atoms with Crippen LogP contribution in [0.3, 0.4) is 0 Å². The lowest BCUT2D eigenvalue weighted by molar-refractivity contribution is 0.415. The fourth-order valence-corrected chi connectivity index (χ4v) is 1.98. The van der Waals surface area contributed by atoms with Crippen molar-refractivity contribution in [3.05, 3.63) is 58.9 Å². The van der Waals surface area contributed by atoms with Gasteiger partial charge in [-0.2, -0.15) is 0 Å². The first-order chi connectivity index (χ1) is 8.79. The molecule has 0 amide bonds. The highest BCUT2D eigenvalue weighted by Crippen LogP contribution is 2.17. The van der Waals surface area contributed by atoms with Crippen molar-refractivity contribution in [2.45, 2.75) is 0 Å². The normalized spacial score (nSPS) is 10.7. The monoisotopic (exact) mass is 240 g/mol. The highest BCUT2D eigenvalue weighted by atomic mass is 16.5. The molecular weight excluding hydrogens is 228 g/mol. The topological polar surface area (TPSA) is 47.0 Å². The summed E-state index contributed by atoms with van der Waals surface area (Å²) >= 11 is 0. The number of hydrogen-bond donors (Lipinski definition) is 1. The van der Waals surface area contributed by atoms with Crippen molar-refractivity contribution in [2.24, 2.45) is 0 Å². The van der Waals surface area contributed by atoms with Crippen LogP contribution in [0.2, 0.25) is 0 Å². The number of nitrogens with one attached hydrogen (secondary N) is 1. The molecule has 0 unspecified atom stereocenters. The summed E-state index contributed by atoms with van der Waals surface area (Å²) < 4.78 is 6.66. The van der Waals surface area contributed by atoms with Gasteiger partial charge in [0.2, 0.25) is 0 Å². The Hall–Kier alpha value is -2.49. The van der Waals surface area contributed by atoms with Gasteiger partial charge in [0.05, 0.1) is 23.7 Å². The second-order valence-electron chi connectivity index (χ2n) is 4.00. The van der Waals surface area contributed by atoms with E-state index in [0.717, 1.165) is 11.2 Å². The number of H-pyrrole nitrogens is 1. The minimum atomic E-state index is -0.0740. The van der Waals surface area contributed by atoms with Crippen LogP contribution in [0.5, 0.6) is 5.75 Å². The Morgan fingerprint density at radius 1 is 1.11 bits per heavy atom. The Morgan fingerprint density at radius 3 is 2.61 bits per heavy atom. The van der Waals surface area contributed by atoms with Gasteiger partial charge in [-0.05, 0) is 30.3 Å². The number of para-hydroxylation sites is 1. The average molecular weight is 240 g/mol. The molecule has 0 bridgehead atoms. The summed E-state index contributed by atoms with van der Waals surface area (Å²) in [6, 6.07) is 14.9. The molecular formula is C14H12N2O2. The minimum Gasteiger partial charge on any atom is -0.497 e. The summed E-state index contributed by atoms with van der Waals surface area (Å²) in [7, 11) is 1.59. The lowest BCUT2D eigenvalue weighted by Crippen LogP contribution is -2.13. The van der Waals surface area contributed by atoms with Crippen molar-refractivity contribution in [3.8, 4) is 11.4 Å². The quantitative estimate of drug-likeness (QED) is 0.747. The Bertz CT molecular complexity index is 741. The van der Waals surface area contributed by atoms with E-state index in [-0.39, 0.29) is 5.56 Å². The predicted molar refractivity (Wildman–Crippen MR) is 70.4 cm³/mol. The van der Waals surface area contributed by atoms with Crippen LogP contribution in [-0.4, -0.2) is 16.9 Å². The Kier molecular flexibility index (Phi) is 2.41. The predicted octanol–water partition coefficient (Wildman–Crippen LogP) is 2.33. The van der Waals surface area contributed by atoms with Crippen LogP contribution in [0, 0.1) is 0 Å². The van der Waals surface area contributed by atoms with Crippen LogP contribution in [-0.2, 0) is 0 Å². The highest BCUT2D eigenvalue weighted by Gasteiger charge is 2.08. The largest absolute Gasteiger partial charge is 0.497 e. The fraction of sp³-hybridized carbons (Fsp3) is 0.0714. The number of ether oxygens (including phenoxy) is 1.